The van der Waals surface area contributed by atoms with Gasteiger partial charge >= 0.3 is 5.97 Å². The predicted octanol–water partition coefficient (Wildman–Crippen LogP) is 3.14. The third-order valence-corrected chi connectivity index (χ3v) is 3.32. The number of aromatic amines is 1. The Balaban J connectivity index is 2.36. The largest absolute Gasteiger partial charge is 0.481 e. The number of aryl methyl sites for hydroxylation is 2. The SMILES string of the molecule is CCc1ccc(-c2nc(C(C)C(=O)O)[nH]c2C)cc1. The summed E-state index contributed by atoms with van der Waals surface area (Å²) in [6.07, 6.45) is 1.00. The van der Waals surface area contributed by atoms with Crippen molar-refractivity contribution in [2.24, 2.45) is 0 Å². The van der Waals surface area contributed by atoms with E-state index in [2.05, 4.69) is 29.0 Å². The number of H-pyrrole nitrogens is 1. The molecule has 1 aromatic heterocycles. The standard InChI is InChI=1S/C15H18N2O2/c1-4-11-5-7-12(8-6-11)13-10(3)16-14(17-13)9(2)15(18)19/h5-9H,4H2,1-3H3,(H,16,17)(H,18,19). The van der Waals surface area contributed by atoms with Gasteiger partial charge in [0.05, 0.1) is 5.69 Å². The Morgan fingerprint density at radius 3 is 2.53 bits per heavy atom. The fourth-order valence-electron chi connectivity index (χ4n) is 1.98. The molecule has 19 heavy (non-hydrogen) atoms. The zero-order valence-electron chi connectivity index (χ0n) is 11.4. The number of benzene rings is 1. The third kappa shape index (κ3) is 2.67. The number of nitrogens with one attached hydrogen (secondary N) is 1. The summed E-state index contributed by atoms with van der Waals surface area (Å²) in [5.41, 5.74) is 4.00. The van der Waals surface area contributed by atoms with E-state index < -0.39 is 11.9 Å². The molecule has 0 spiro atoms. The Morgan fingerprint density at radius 1 is 1.37 bits per heavy atom. The van der Waals surface area contributed by atoms with Crippen LogP contribution in [0.4, 0.5) is 0 Å². The monoisotopic (exact) mass is 258 g/mol. The van der Waals surface area contributed by atoms with Crippen LogP contribution in [0.1, 0.15) is 36.8 Å². The number of carboxylic acids is 1. The van der Waals surface area contributed by atoms with E-state index in [4.69, 9.17) is 5.11 Å². The van der Waals surface area contributed by atoms with Crippen LogP contribution in [0.5, 0.6) is 0 Å². The molecule has 1 heterocycles. The molecule has 1 atom stereocenters. The molecule has 0 amide bonds. The second-order valence-electron chi connectivity index (χ2n) is 4.71. The van der Waals surface area contributed by atoms with Crippen LogP contribution in [-0.4, -0.2) is 21.0 Å². The van der Waals surface area contributed by atoms with Gasteiger partial charge in [0.25, 0.3) is 0 Å². The Kier molecular flexibility index (Phi) is 3.69. The first-order chi connectivity index (χ1) is 9.02. The van der Waals surface area contributed by atoms with E-state index in [1.807, 2.05) is 19.1 Å². The van der Waals surface area contributed by atoms with Crippen LogP contribution in [0.25, 0.3) is 11.3 Å². The quantitative estimate of drug-likeness (QED) is 0.885. The van der Waals surface area contributed by atoms with Crippen LogP contribution in [0, 0.1) is 6.92 Å². The number of carboxylic acid groups (broad SMARTS) is 1. The molecule has 0 saturated carbocycles. The van der Waals surface area contributed by atoms with Crippen LogP contribution in [-0.2, 0) is 11.2 Å². The number of hydrogen-bond acceptors (Lipinski definition) is 2. The number of carbonyl (C=O) groups is 1. The molecular formula is C15H18N2O2. The number of rotatable bonds is 4. The van der Waals surface area contributed by atoms with E-state index in [1.54, 1.807) is 6.92 Å². The van der Waals surface area contributed by atoms with Crippen molar-refractivity contribution in [1.29, 1.82) is 0 Å². The molecule has 0 aliphatic heterocycles. The summed E-state index contributed by atoms with van der Waals surface area (Å²) >= 11 is 0. The predicted molar refractivity (Wildman–Crippen MR) is 74.2 cm³/mol. The molecule has 2 N–H and O–H groups in total. The van der Waals surface area contributed by atoms with Gasteiger partial charge in [-0.15, -0.1) is 0 Å². The van der Waals surface area contributed by atoms with Crippen molar-refractivity contribution >= 4 is 5.97 Å². The van der Waals surface area contributed by atoms with Gasteiger partial charge in [0.15, 0.2) is 0 Å². The van der Waals surface area contributed by atoms with Crippen molar-refractivity contribution in [2.45, 2.75) is 33.1 Å². The minimum atomic E-state index is -0.873. The van der Waals surface area contributed by atoms with Gasteiger partial charge in [-0.05, 0) is 25.8 Å². The summed E-state index contributed by atoms with van der Waals surface area (Å²) in [6, 6.07) is 8.20. The van der Waals surface area contributed by atoms with Gasteiger partial charge in [0, 0.05) is 11.3 Å². The molecule has 2 aromatic rings. The lowest BCUT2D eigenvalue weighted by molar-refractivity contribution is -0.138. The van der Waals surface area contributed by atoms with Gasteiger partial charge in [0.2, 0.25) is 0 Å². The average Bonchev–Trinajstić information content (AvgIpc) is 2.80. The number of hydrogen-bond donors (Lipinski definition) is 2. The Hall–Kier alpha value is -2.10. The molecule has 1 unspecified atom stereocenters. The van der Waals surface area contributed by atoms with E-state index in [1.165, 1.54) is 5.56 Å². The smallest absolute Gasteiger partial charge is 0.313 e. The second kappa shape index (κ2) is 5.26. The summed E-state index contributed by atoms with van der Waals surface area (Å²) in [5, 5.41) is 9.01. The molecular weight excluding hydrogens is 240 g/mol. The fourth-order valence-corrected chi connectivity index (χ4v) is 1.98. The number of aromatic nitrogens is 2. The van der Waals surface area contributed by atoms with Crippen molar-refractivity contribution in [3.05, 3.63) is 41.3 Å². The molecule has 4 nitrogen and oxygen atoms in total. The van der Waals surface area contributed by atoms with Gasteiger partial charge in [-0.25, -0.2) is 4.98 Å². The molecule has 0 aliphatic rings. The first kappa shape index (κ1) is 13.3. The number of aliphatic carboxylic acids is 1. The zero-order chi connectivity index (χ0) is 14.0. The van der Waals surface area contributed by atoms with Crippen molar-refractivity contribution in [3.63, 3.8) is 0 Å². The zero-order valence-corrected chi connectivity index (χ0v) is 11.4. The number of imidazole rings is 1. The van der Waals surface area contributed by atoms with Gasteiger partial charge in [-0.2, -0.15) is 0 Å². The first-order valence-electron chi connectivity index (χ1n) is 6.41. The molecule has 100 valence electrons. The molecule has 0 bridgehead atoms. The molecule has 0 fully saturated rings. The van der Waals surface area contributed by atoms with Crippen LogP contribution in [0.2, 0.25) is 0 Å². The summed E-state index contributed by atoms with van der Waals surface area (Å²) < 4.78 is 0. The lowest BCUT2D eigenvalue weighted by Gasteiger charge is -2.01. The maximum Gasteiger partial charge on any atom is 0.313 e. The lowest BCUT2D eigenvalue weighted by atomic mass is 10.1. The van der Waals surface area contributed by atoms with E-state index in [9.17, 15) is 4.79 Å². The lowest BCUT2D eigenvalue weighted by Crippen LogP contribution is -2.08. The Bertz CT molecular complexity index is 585. The summed E-state index contributed by atoms with van der Waals surface area (Å²) in [4.78, 5) is 18.5. The van der Waals surface area contributed by atoms with Crippen LogP contribution in [0.3, 0.4) is 0 Å². The molecule has 0 saturated heterocycles. The van der Waals surface area contributed by atoms with E-state index in [0.29, 0.717) is 5.82 Å². The third-order valence-electron chi connectivity index (χ3n) is 3.32. The molecule has 1 aromatic carbocycles. The van der Waals surface area contributed by atoms with E-state index in [0.717, 1.165) is 23.4 Å². The van der Waals surface area contributed by atoms with Crippen LogP contribution < -0.4 is 0 Å². The maximum absolute atomic E-state index is 11.0. The summed E-state index contributed by atoms with van der Waals surface area (Å²) in [7, 11) is 0. The highest BCUT2D eigenvalue weighted by Gasteiger charge is 2.19. The van der Waals surface area contributed by atoms with Gasteiger partial charge in [-0.1, -0.05) is 31.2 Å². The highest BCUT2D eigenvalue weighted by Crippen LogP contribution is 2.24. The van der Waals surface area contributed by atoms with Crippen molar-refractivity contribution in [1.82, 2.24) is 9.97 Å². The summed E-state index contributed by atoms with van der Waals surface area (Å²) in [5.74, 6) is -0.997. The average molecular weight is 258 g/mol. The summed E-state index contributed by atoms with van der Waals surface area (Å²) in [6.45, 7) is 5.65. The molecule has 2 rings (SSSR count). The first-order valence-corrected chi connectivity index (χ1v) is 6.41. The van der Waals surface area contributed by atoms with Crippen molar-refractivity contribution in [2.75, 3.05) is 0 Å². The number of nitrogens with zero attached hydrogens (tertiary/aromatic N) is 1. The normalized spacial score (nSPS) is 12.4. The van der Waals surface area contributed by atoms with Gasteiger partial charge < -0.3 is 10.1 Å². The van der Waals surface area contributed by atoms with E-state index >= 15 is 0 Å². The van der Waals surface area contributed by atoms with Crippen molar-refractivity contribution < 1.29 is 9.90 Å². The highest BCUT2D eigenvalue weighted by molar-refractivity contribution is 5.75. The minimum Gasteiger partial charge on any atom is -0.481 e. The van der Waals surface area contributed by atoms with Gasteiger partial charge in [-0.3, -0.25) is 4.79 Å². The van der Waals surface area contributed by atoms with Crippen molar-refractivity contribution in [3.8, 4) is 11.3 Å². The topological polar surface area (TPSA) is 66.0 Å². The molecule has 0 aliphatic carbocycles. The van der Waals surface area contributed by atoms with Crippen LogP contribution in [0.15, 0.2) is 24.3 Å². The molecule has 4 heteroatoms. The fraction of sp³-hybridized carbons (Fsp3) is 0.333. The Labute approximate surface area is 112 Å². The van der Waals surface area contributed by atoms with E-state index in [-0.39, 0.29) is 0 Å². The van der Waals surface area contributed by atoms with Gasteiger partial charge in [0.1, 0.15) is 11.7 Å². The maximum atomic E-state index is 11.0. The highest BCUT2D eigenvalue weighted by atomic mass is 16.4. The molecule has 0 radical (unpaired) electrons. The Morgan fingerprint density at radius 2 is 2.00 bits per heavy atom. The minimum absolute atomic E-state index is 0.500. The second-order valence-corrected chi connectivity index (χ2v) is 4.71. The van der Waals surface area contributed by atoms with Crippen LogP contribution >= 0.6 is 0 Å².